The molecule has 1 aliphatic heterocycles. The third-order valence-electron chi connectivity index (χ3n) is 6.15. The first kappa shape index (κ1) is 36.2. The standard InChI is InChI=1S/C31H44ClN3O7/c1-20(19-21(2)24-16-17-25(40-7)29(38)42-24)11-8-9-13-26(36)35-27(31(4,5)6)28(37)34-18-10-12-23(41-30(33)39)15-14-22(3)32/h8-11,13-14,17-19,21,23-24,27H,12,15-16H2,1-7H3,(H2,33,39)(H,34,37)(H,35,36)/b11-8+,13-9+,18-10-,20-19+,22-14+/t21-,23+,24-,27+/m0/s1. The Bertz CT molecular complexity index is 1140. The molecule has 11 heteroatoms. The minimum Gasteiger partial charge on any atom is -0.490 e. The van der Waals surface area contributed by atoms with Crippen molar-refractivity contribution in [3.05, 3.63) is 71.2 Å². The van der Waals surface area contributed by atoms with Crippen LogP contribution < -0.4 is 16.4 Å². The maximum absolute atomic E-state index is 12.9. The van der Waals surface area contributed by atoms with Gasteiger partial charge in [0.25, 0.3) is 0 Å². The molecule has 42 heavy (non-hydrogen) atoms. The van der Waals surface area contributed by atoms with Crippen LogP contribution in [0.3, 0.4) is 0 Å². The van der Waals surface area contributed by atoms with E-state index in [1.54, 1.807) is 37.3 Å². The molecule has 3 amide bonds. The number of methoxy groups -OCH3 is 1. The Morgan fingerprint density at radius 1 is 1.19 bits per heavy atom. The molecule has 1 rings (SSSR count). The smallest absolute Gasteiger partial charge is 0.404 e. The number of nitrogens with two attached hydrogens (primary N) is 1. The number of esters is 1. The van der Waals surface area contributed by atoms with Crippen molar-refractivity contribution < 1.29 is 33.4 Å². The summed E-state index contributed by atoms with van der Waals surface area (Å²) in [7, 11) is 1.43. The lowest BCUT2D eigenvalue weighted by Crippen LogP contribution is -2.52. The van der Waals surface area contributed by atoms with Gasteiger partial charge < -0.3 is 30.6 Å². The van der Waals surface area contributed by atoms with Crippen LogP contribution in [-0.2, 0) is 28.6 Å². The van der Waals surface area contributed by atoms with Crippen molar-refractivity contribution in [3.8, 4) is 0 Å². The summed E-state index contributed by atoms with van der Waals surface area (Å²) in [6.07, 6.45) is 14.5. The molecule has 1 aliphatic rings. The van der Waals surface area contributed by atoms with Crippen LogP contribution in [0.4, 0.5) is 4.79 Å². The minimum absolute atomic E-state index is 0.0196. The second-order valence-corrected chi connectivity index (χ2v) is 11.6. The van der Waals surface area contributed by atoms with E-state index in [4.69, 9.17) is 31.5 Å². The van der Waals surface area contributed by atoms with E-state index < -0.39 is 41.4 Å². The summed E-state index contributed by atoms with van der Waals surface area (Å²) in [6.45, 7) is 11.1. The maximum Gasteiger partial charge on any atom is 0.404 e. The van der Waals surface area contributed by atoms with Gasteiger partial charge in [-0.1, -0.05) is 81.3 Å². The summed E-state index contributed by atoms with van der Waals surface area (Å²) in [6, 6.07) is -0.823. The van der Waals surface area contributed by atoms with Crippen LogP contribution in [0, 0.1) is 11.3 Å². The van der Waals surface area contributed by atoms with Crippen molar-refractivity contribution in [2.75, 3.05) is 7.11 Å². The summed E-state index contributed by atoms with van der Waals surface area (Å²) in [5, 5.41) is 5.98. The van der Waals surface area contributed by atoms with Gasteiger partial charge in [-0.2, -0.15) is 0 Å². The van der Waals surface area contributed by atoms with Crippen molar-refractivity contribution in [2.24, 2.45) is 17.1 Å². The fourth-order valence-electron chi connectivity index (χ4n) is 3.93. The second-order valence-electron chi connectivity index (χ2n) is 11.0. The highest BCUT2D eigenvalue weighted by Gasteiger charge is 2.32. The van der Waals surface area contributed by atoms with Gasteiger partial charge in [0.1, 0.15) is 18.2 Å². The van der Waals surface area contributed by atoms with Gasteiger partial charge in [-0.3, -0.25) is 9.59 Å². The Morgan fingerprint density at radius 3 is 2.43 bits per heavy atom. The Balaban J connectivity index is 2.70. The molecule has 0 aromatic carbocycles. The molecule has 0 aromatic rings. The zero-order chi connectivity index (χ0) is 31.9. The quantitative estimate of drug-likeness (QED) is 0.142. The summed E-state index contributed by atoms with van der Waals surface area (Å²) in [4.78, 5) is 48.5. The number of amides is 3. The molecule has 0 aromatic heterocycles. The maximum atomic E-state index is 12.9. The largest absolute Gasteiger partial charge is 0.490 e. The van der Waals surface area contributed by atoms with Gasteiger partial charge in [-0.05, 0) is 31.5 Å². The molecule has 0 saturated carbocycles. The lowest BCUT2D eigenvalue weighted by molar-refractivity contribution is -0.151. The Morgan fingerprint density at radius 2 is 1.86 bits per heavy atom. The minimum atomic E-state index is -0.900. The van der Waals surface area contributed by atoms with E-state index in [2.05, 4.69) is 10.6 Å². The predicted molar refractivity (Wildman–Crippen MR) is 163 cm³/mol. The van der Waals surface area contributed by atoms with Crippen molar-refractivity contribution >= 4 is 35.5 Å². The summed E-state index contributed by atoms with van der Waals surface area (Å²) in [5.74, 6) is -1.10. The number of hydrogen-bond donors (Lipinski definition) is 3. The molecule has 0 unspecified atom stereocenters. The molecule has 0 bridgehead atoms. The van der Waals surface area contributed by atoms with E-state index in [-0.39, 0.29) is 17.8 Å². The molecular weight excluding hydrogens is 562 g/mol. The molecule has 0 fully saturated rings. The number of nitrogens with one attached hydrogen (secondary N) is 2. The Hall–Kier alpha value is -3.79. The Kier molecular flexibility index (Phi) is 15.4. The van der Waals surface area contributed by atoms with E-state index >= 15 is 0 Å². The van der Waals surface area contributed by atoms with Gasteiger partial charge >= 0.3 is 12.1 Å². The van der Waals surface area contributed by atoms with E-state index in [9.17, 15) is 19.2 Å². The van der Waals surface area contributed by atoms with Crippen LogP contribution in [-0.4, -0.2) is 49.2 Å². The van der Waals surface area contributed by atoms with Gasteiger partial charge in [-0.25, -0.2) is 9.59 Å². The molecule has 0 aliphatic carbocycles. The van der Waals surface area contributed by atoms with Crippen molar-refractivity contribution in [2.45, 2.75) is 79.1 Å². The highest BCUT2D eigenvalue weighted by molar-refractivity contribution is 6.29. The van der Waals surface area contributed by atoms with E-state index in [0.29, 0.717) is 24.3 Å². The number of halogens is 1. The van der Waals surface area contributed by atoms with E-state index in [1.807, 2.05) is 46.8 Å². The molecule has 0 saturated heterocycles. The van der Waals surface area contributed by atoms with Gasteiger partial charge in [0.15, 0.2) is 5.76 Å². The van der Waals surface area contributed by atoms with Gasteiger partial charge in [0, 0.05) is 36.3 Å². The number of primary amides is 1. The molecule has 10 nitrogen and oxygen atoms in total. The first-order valence-electron chi connectivity index (χ1n) is 13.7. The van der Waals surface area contributed by atoms with Crippen LogP contribution in [0.1, 0.15) is 60.8 Å². The fourth-order valence-corrected chi connectivity index (χ4v) is 4.02. The topological polar surface area (TPSA) is 146 Å². The predicted octanol–water partition coefficient (Wildman–Crippen LogP) is 5.07. The van der Waals surface area contributed by atoms with E-state index in [1.165, 1.54) is 19.4 Å². The summed E-state index contributed by atoms with van der Waals surface area (Å²) >= 11 is 5.84. The van der Waals surface area contributed by atoms with Crippen LogP contribution in [0.25, 0.3) is 0 Å². The van der Waals surface area contributed by atoms with Gasteiger partial charge in [0.2, 0.25) is 11.8 Å². The van der Waals surface area contributed by atoms with Crippen LogP contribution in [0.15, 0.2) is 71.2 Å². The van der Waals surface area contributed by atoms with Crippen LogP contribution >= 0.6 is 11.6 Å². The SMILES string of the molecule is COC1=CC[C@@H]([C@@H](C)/C=C(C)/C=C/C=C/C(=O)N[C@H](C(=O)N/C=C\C[C@H](C/C=C(\C)Cl)OC(N)=O)C(C)(C)C)OC1=O. The van der Waals surface area contributed by atoms with Crippen molar-refractivity contribution in [3.63, 3.8) is 0 Å². The normalized spacial score (nSPS) is 18.8. The van der Waals surface area contributed by atoms with Crippen LogP contribution in [0.5, 0.6) is 0 Å². The second kappa shape index (κ2) is 17.9. The number of allylic oxidation sites excluding steroid dienone is 5. The first-order chi connectivity index (χ1) is 19.6. The first-order valence-corrected chi connectivity index (χ1v) is 14.0. The molecule has 0 spiro atoms. The number of cyclic esters (lactones) is 1. The molecular formula is C31H44ClN3O7. The number of hydrogen-bond acceptors (Lipinski definition) is 7. The highest BCUT2D eigenvalue weighted by Crippen LogP contribution is 2.23. The summed E-state index contributed by atoms with van der Waals surface area (Å²) in [5.41, 5.74) is 5.48. The lowest BCUT2D eigenvalue weighted by Gasteiger charge is -2.29. The lowest BCUT2D eigenvalue weighted by atomic mass is 9.86. The van der Waals surface area contributed by atoms with Crippen LogP contribution in [0.2, 0.25) is 0 Å². The number of carbonyl (C=O) groups excluding carboxylic acids is 4. The number of carbonyl (C=O) groups is 4. The molecule has 1 heterocycles. The van der Waals surface area contributed by atoms with Crippen molar-refractivity contribution in [1.82, 2.24) is 10.6 Å². The third kappa shape index (κ3) is 14.2. The van der Waals surface area contributed by atoms with E-state index in [0.717, 1.165) is 5.57 Å². The molecule has 4 N–H and O–H groups in total. The highest BCUT2D eigenvalue weighted by atomic mass is 35.5. The average molecular weight is 606 g/mol. The van der Waals surface area contributed by atoms with Gasteiger partial charge in [-0.15, -0.1) is 0 Å². The van der Waals surface area contributed by atoms with Gasteiger partial charge in [0.05, 0.1) is 7.11 Å². The number of rotatable bonds is 14. The zero-order valence-electron chi connectivity index (χ0n) is 25.4. The Labute approximate surface area is 253 Å². The molecule has 232 valence electrons. The molecule has 4 atom stereocenters. The average Bonchev–Trinajstić information content (AvgIpc) is 2.89. The fraction of sp³-hybridized carbons (Fsp3) is 0.484. The zero-order valence-corrected chi connectivity index (χ0v) is 26.2. The molecule has 0 radical (unpaired) electrons. The monoisotopic (exact) mass is 605 g/mol. The third-order valence-corrected chi connectivity index (χ3v) is 6.30. The number of ether oxygens (including phenoxy) is 3. The summed E-state index contributed by atoms with van der Waals surface area (Å²) < 4.78 is 15.5. The van der Waals surface area contributed by atoms with Crippen molar-refractivity contribution in [1.29, 1.82) is 0 Å².